The highest BCUT2D eigenvalue weighted by Crippen LogP contribution is 2.31. The zero-order valence-electron chi connectivity index (χ0n) is 11.4. The van der Waals surface area contributed by atoms with Crippen molar-refractivity contribution in [2.24, 2.45) is 0 Å². The van der Waals surface area contributed by atoms with Crippen molar-refractivity contribution in [3.63, 3.8) is 0 Å². The van der Waals surface area contributed by atoms with Crippen LogP contribution in [-0.2, 0) is 4.79 Å². The van der Waals surface area contributed by atoms with Crippen LogP contribution in [0.15, 0.2) is 18.2 Å². The Labute approximate surface area is 109 Å². The zero-order chi connectivity index (χ0) is 13.1. The van der Waals surface area contributed by atoms with Crippen molar-refractivity contribution in [3.8, 4) is 0 Å². The average molecular weight is 247 g/mol. The van der Waals surface area contributed by atoms with Gasteiger partial charge in [-0.25, -0.2) is 4.98 Å². The lowest BCUT2D eigenvalue weighted by atomic mass is 10.1. The molecule has 0 radical (unpaired) electrons. The number of pyridine rings is 1. The Balaban J connectivity index is 2.24. The number of anilines is 1. The molecule has 1 aromatic heterocycles. The summed E-state index contributed by atoms with van der Waals surface area (Å²) >= 11 is 0. The van der Waals surface area contributed by atoms with E-state index in [0.29, 0.717) is 6.42 Å². The van der Waals surface area contributed by atoms with Gasteiger partial charge in [0, 0.05) is 27.1 Å². The number of carbonyl (C=O) groups excluding carboxylic acids is 1. The Hall–Kier alpha value is -1.58. The number of carbonyl (C=O) groups is 1. The lowest BCUT2D eigenvalue weighted by Gasteiger charge is -2.24. The number of rotatable bonds is 3. The molecule has 1 aromatic rings. The summed E-state index contributed by atoms with van der Waals surface area (Å²) in [6.07, 6.45) is 2.67. The summed E-state index contributed by atoms with van der Waals surface area (Å²) in [6, 6.07) is 6.20. The Morgan fingerprint density at radius 3 is 2.94 bits per heavy atom. The molecule has 2 rings (SSSR count). The number of likely N-dealkylation sites (tertiary alicyclic amines) is 1. The third-order valence-corrected chi connectivity index (χ3v) is 3.43. The summed E-state index contributed by atoms with van der Waals surface area (Å²) in [5.41, 5.74) is 1.01. The molecule has 4 heteroatoms. The minimum Gasteiger partial charge on any atom is -0.363 e. The van der Waals surface area contributed by atoms with Gasteiger partial charge in [0.25, 0.3) is 0 Å². The van der Waals surface area contributed by atoms with Gasteiger partial charge in [0.15, 0.2) is 0 Å². The zero-order valence-corrected chi connectivity index (χ0v) is 11.4. The minimum absolute atomic E-state index is 0.164. The third kappa shape index (κ3) is 2.47. The Morgan fingerprint density at radius 2 is 2.28 bits per heavy atom. The average Bonchev–Trinajstić information content (AvgIpc) is 2.87. The fraction of sp³-hybridized carbons (Fsp3) is 0.571. The lowest BCUT2D eigenvalue weighted by Crippen LogP contribution is -2.30. The van der Waals surface area contributed by atoms with Crippen LogP contribution in [0.4, 0.5) is 5.82 Å². The van der Waals surface area contributed by atoms with Crippen LogP contribution in [0.3, 0.4) is 0 Å². The van der Waals surface area contributed by atoms with Crippen LogP contribution in [0.2, 0.25) is 0 Å². The largest absolute Gasteiger partial charge is 0.363 e. The van der Waals surface area contributed by atoms with E-state index in [1.54, 1.807) is 0 Å². The predicted molar refractivity (Wildman–Crippen MR) is 72.5 cm³/mol. The highest BCUT2D eigenvalue weighted by molar-refractivity contribution is 5.76. The molecule has 0 N–H and O–H groups in total. The van der Waals surface area contributed by atoms with Crippen LogP contribution in [0.1, 0.15) is 37.9 Å². The van der Waals surface area contributed by atoms with Gasteiger partial charge in [0.05, 0.1) is 11.7 Å². The van der Waals surface area contributed by atoms with E-state index in [-0.39, 0.29) is 11.9 Å². The molecule has 0 aromatic carbocycles. The normalized spacial score (nSPS) is 19.1. The smallest absolute Gasteiger partial charge is 0.222 e. The van der Waals surface area contributed by atoms with Crippen LogP contribution in [0.5, 0.6) is 0 Å². The summed E-state index contributed by atoms with van der Waals surface area (Å²) in [5, 5.41) is 0. The van der Waals surface area contributed by atoms with Crippen molar-refractivity contribution in [3.05, 3.63) is 23.9 Å². The first-order valence-corrected chi connectivity index (χ1v) is 6.57. The van der Waals surface area contributed by atoms with Gasteiger partial charge >= 0.3 is 0 Å². The monoisotopic (exact) mass is 247 g/mol. The van der Waals surface area contributed by atoms with E-state index in [1.165, 1.54) is 0 Å². The second-order valence-corrected chi connectivity index (χ2v) is 4.91. The Morgan fingerprint density at radius 1 is 1.50 bits per heavy atom. The number of aromatic nitrogens is 1. The van der Waals surface area contributed by atoms with Gasteiger partial charge in [-0.05, 0) is 25.0 Å². The highest BCUT2D eigenvalue weighted by Gasteiger charge is 2.29. The van der Waals surface area contributed by atoms with Crippen LogP contribution in [0, 0.1) is 0 Å². The van der Waals surface area contributed by atoms with Crippen LogP contribution in [0.25, 0.3) is 0 Å². The van der Waals surface area contributed by atoms with Gasteiger partial charge in [-0.1, -0.05) is 13.0 Å². The summed E-state index contributed by atoms with van der Waals surface area (Å²) in [7, 11) is 3.96. The van der Waals surface area contributed by atoms with E-state index in [1.807, 2.05) is 49.0 Å². The quantitative estimate of drug-likeness (QED) is 0.821. The summed E-state index contributed by atoms with van der Waals surface area (Å²) in [4.78, 5) is 20.5. The first-order chi connectivity index (χ1) is 8.63. The van der Waals surface area contributed by atoms with Gasteiger partial charge < -0.3 is 9.80 Å². The van der Waals surface area contributed by atoms with E-state index in [9.17, 15) is 4.79 Å². The van der Waals surface area contributed by atoms with Crippen LogP contribution >= 0.6 is 0 Å². The van der Waals surface area contributed by atoms with Crippen molar-refractivity contribution in [1.82, 2.24) is 9.88 Å². The fourth-order valence-corrected chi connectivity index (χ4v) is 2.45. The summed E-state index contributed by atoms with van der Waals surface area (Å²) in [5.74, 6) is 1.18. The van der Waals surface area contributed by atoms with Gasteiger partial charge in [-0.2, -0.15) is 0 Å². The number of nitrogens with zero attached hydrogens (tertiary/aromatic N) is 3. The van der Waals surface area contributed by atoms with Crippen LogP contribution in [-0.4, -0.2) is 36.4 Å². The molecular formula is C14H21N3O. The first-order valence-electron chi connectivity index (χ1n) is 6.57. The van der Waals surface area contributed by atoms with E-state index in [0.717, 1.165) is 30.9 Å². The van der Waals surface area contributed by atoms with Gasteiger partial charge in [0.1, 0.15) is 5.82 Å². The van der Waals surface area contributed by atoms with Crippen molar-refractivity contribution in [1.29, 1.82) is 0 Å². The standard InChI is InChI=1S/C14H21N3O/c1-4-14(18)17-10-6-8-12(17)11-7-5-9-13(15-11)16(2)3/h5,7,9,12H,4,6,8,10H2,1-3H3. The topological polar surface area (TPSA) is 36.4 Å². The Kier molecular flexibility index (Phi) is 3.84. The van der Waals surface area contributed by atoms with Crippen molar-refractivity contribution in [2.45, 2.75) is 32.2 Å². The highest BCUT2D eigenvalue weighted by atomic mass is 16.2. The third-order valence-electron chi connectivity index (χ3n) is 3.43. The summed E-state index contributed by atoms with van der Waals surface area (Å²) < 4.78 is 0. The van der Waals surface area contributed by atoms with E-state index >= 15 is 0 Å². The molecule has 1 unspecified atom stereocenters. The molecule has 4 nitrogen and oxygen atoms in total. The second-order valence-electron chi connectivity index (χ2n) is 4.91. The van der Waals surface area contributed by atoms with Gasteiger partial charge in [-0.3, -0.25) is 4.79 Å². The number of hydrogen-bond donors (Lipinski definition) is 0. The van der Waals surface area contributed by atoms with Crippen molar-refractivity contribution < 1.29 is 4.79 Å². The molecular weight excluding hydrogens is 226 g/mol. The molecule has 98 valence electrons. The molecule has 0 spiro atoms. The maximum atomic E-state index is 11.9. The van der Waals surface area contributed by atoms with Gasteiger partial charge in [-0.15, -0.1) is 0 Å². The maximum absolute atomic E-state index is 11.9. The van der Waals surface area contributed by atoms with E-state index in [4.69, 9.17) is 0 Å². The molecule has 1 atom stereocenters. The van der Waals surface area contributed by atoms with E-state index < -0.39 is 0 Å². The van der Waals surface area contributed by atoms with Crippen molar-refractivity contribution >= 4 is 11.7 Å². The summed E-state index contributed by atoms with van der Waals surface area (Å²) in [6.45, 7) is 2.78. The molecule has 18 heavy (non-hydrogen) atoms. The minimum atomic E-state index is 0.164. The molecule has 1 aliphatic heterocycles. The molecule has 1 aliphatic rings. The maximum Gasteiger partial charge on any atom is 0.222 e. The molecule has 2 heterocycles. The first kappa shape index (κ1) is 12.9. The number of amides is 1. The molecule has 0 bridgehead atoms. The molecule has 0 saturated carbocycles. The second kappa shape index (κ2) is 5.38. The van der Waals surface area contributed by atoms with E-state index in [2.05, 4.69) is 4.98 Å². The lowest BCUT2D eigenvalue weighted by molar-refractivity contribution is -0.131. The van der Waals surface area contributed by atoms with Crippen LogP contribution < -0.4 is 4.90 Å². The molecule has 1 saturated heterocycles. The van der Waals surface area contributed by atoms with Crippen molar-refractivity contribution in [2.75, 3.05) is 25.5 Å². The number of hydrogen-bond acceptors (Lipinski definition) is 3. The molecule has 0 aliphatic carbocycles. The molecule has 1 fully saturated rings. The predicted octanol–water partition coefficient (Wildman–Crippen LogP) is 2.22. The van der Waals surface area contributed by atoms with Gasteiger partial charge in [0.2, 0.25) is 5.91 Å². The fourth-order valence-electron chi connectivity index (χ4n) is 2.45. The SMILES string of the molecule is CCC(=O)N1CCCC1c1cccc(N(C)C)n1. The Bertz CT molecular complexity index is 431. The molecule has 1 amide bonds.